The second-order valence-corrected chi connectivity index (χ2v) is 8.09. The van der Waals surface area contributed by atoms with Gasteiger partial charge in [-0.3, -0.25) is 19.3 Å². The molecule has 2 heterocycles. The van der Waals surface area contributed by atoms with Crippen molar-refractivity contribution in [3.63, 3.8) is 0 Å². The van der Waals surface area contributed by atoms with Gasteiger partial charge in [0.05, 0.1) is 11.5 Å². The Hall–Kier alpha value is -3.46. The van der Waals surface area contributed by atoms with Crippen LogP contribution in [0.1, 0.15) is 18.9 Å². The minimum Gasteiger partial charge on any atom is -0.494 e. The van der Waals surface area contributed by atoms with Crippen molar-refractivity contribution < 1.29 is 28.6 Å². The smallest absolute Gasteiger partial charge is 0.294 e. The first-order valence-corrected chi connectivity index (χ1v) is 11.0. The molecule has 32 heavy (non-hydrogen) atoms. The number of ether oxygens (including phenoxy) is 3. The Kier molecular flexibility index (Phi) is 6.65. The van der Waals surface area contributed by atoms with E-state index in [0.29, 0.717) is 37.0 Å². The maximum atomic E-state index is 12.7. The highest BCUT2D eigenvalue weighted by Crippen LogP contribution is 2.34. The summed E-state index contributed by atoms with van der Waals surface area (Å²) >= 11 is 0.812. The van der Waals surface area contributed by atoms with Gasteiger partial charge in [0.2, 0.25) is 5.91 Å². The molecule has 2 aliphatic rings. The maximum absolute atomic E-state index is 12.7. The van der Waals surface area contributed by atoms with Crippen LogP contribution in [0.5, 0.6) is 17.2 Å². The molecule has 0 bridgehead atoms. The Bertz CT molecular complexity index is 1070. The summed E-state index contributed by atoms with van der Waals surface area (Å²) in [5.41, 5.74) is 1.26. The fourth-order valence-electron chi connectivity index (χ4n) is 3.13. The zero-order valence-electron chi connectivity index (χ0n) is 17.5. The molecule has 8 nitrogen and oxygen atoms in total. The molecule has 0 aliphatic carbocycles. The second kappa shape index (κ2) is 9.78. The molecule has 0 atom stereocenters. The first kappa shape index (κ1) is 21.8. The molecular formula is C23H22N2O6S. The van der Waals surface area contributed by atoms with Gasteiger partial charge in [0, 0.05) is 11.8 Å². The lowest BCUT2D eigenvalue weighted by Gasteiger charge is -2.19. The molecule has 0 spiro atoms. The summed E-state index contributed by atoms with van der Waals surface area (Å²) in [6.07, 6.45) is 2.55. The number of anilines is 1. The van der Waals surface area contributed by atoms with E-state index in [-0.39, 0.29) is 11.4 Å². The average molecular weight is 455 g/mol. The molecule has 0 radical (unpaired) electrons. The Morgan fingerprint density at radius 1 is 1.12 bits per heavy atom. The van der Waals surface area contributed by atoms with Gasteiger partial charge < -0.3 is 19.5 Å². The number of carbonyl (C=O) groups is 3. The van der Waals surface area contributed by atoms with Gasteiger partial charge in [-0.25, -0.2) is 0 Å². The van der Waals surface area contributed by atoms with Crippen molar-refractivity contribution >= 4 is 40.6 Å². The zero-order valence-corrected chi connectivity index (χ0v) is 18.3. The van der Waals surface area contributed by atoms with Gasteiger partial charge in [-0.1, -0.05) is 19.1 Å². The van der Waals surface area contributed by atoms with E-state index in [9.17, 15) is 14.4 Å². The van der Waals surface area contributed by atoms with Crippen LogP contribution in [0, 0.1) is 0 Å². The molecule has 9 heteroatoms. The number of benzene rings is 2. The summed E-state index contributed by atoms with van der Waals surface area (Å²) in [7, 11) is 0. The largest absolute Gasteiger partial charge is 0.494 e. The SMILES string of the molecule is CCCOc1ccc(/C=C2\SC(=O)N(CC(=O)Nc3ccc4c(c3)OCCO4)C2=O)cc1. The number of amides is 3. The van der Waals surface area contributed by atoms with Gasteiger partial charge in [-0.2, -0.15) is 0 Å². The topological polar surface area (TPSA) is 94.2 Å². The quantitative estimate of drug-likeness (QED) is 0.634. The van der Waals surface area contributed by atoms with Crippen molar-refractivity contribution in [2.24, 2.45) is 0 Å². The van der Waals surface area contributed by atoms with Crippen LogP contribution >= 0.6 is 11.8 Å². The molecule has 166 valence electrons. The highest BCUT2D eigenvalue weighted by molar-refractivity contribution is 8.18. The number of rotatable bonds is 7. The van der Waals surface area contributed by atoms with Gasteiger partial charge in [-0.15, -0.1) is 0 Å². The molecule has 2 aromatic rings. The van der Waals surface area contributed by atoms with Crippen LogP contribution in [0.15, 0.2) is 47.4 Å². The van der Waals surface area contributed by atoms with Crippen molar-refractivity contribution in [2.75, 3.05) is 31.7 Å². The van der Waals surface area contributed by atoms with Crippen molar-refractivity contribution in [3.8, 4) is 17.2 Å². The molecule has 1 saturated heterocycles. The molecule has 2 aromatic carbocycles. The van der Waals surface area contributed by atoms with E-state index in [1.807, 2.05) is 31.2 Å². The first-order chi connectivity index (χ1) is 15.5. The van der Waals surface area contributed by atoms with E-state index >= 15 is 0 Å². The van der Waals surface area contributed by atoms with E-state index in [2.05, 4.69) is 5.32 Å². The van der Waals surface area contributed by atoms with Crippen LogP contribution in [0.3, 0.4) is 0 Å². The van der Waals surface area contributed by atoms with Crippen molar-refractivity contribution in [1.82, 2.24) is 4.90 Å². The Morgan fingerprint density at radius 3 is 2.62 bits per heavy atom. The highest BCUT2D eigenvalue weighted by atomic mass is 32.2. The Balaban J connectivity index is 1.38. The van der Waals surface area contributed by atoms with Gasteiger partial charge in [0.15, 0.2) is 11.5 Å². The number of fused-ring (bicyclic) bond motifs is 1. The molecule has 0 aromatic heterocycles. The molecule has 3 amide bonds. The number of nitrogens with zero attached hydrogens (tertiary/aromatic N) is 1. The van der Waals surface area contributed by atoms with Crippen LogP contribution in [0.2, 0.25) is 0 Å². The number of hydrogen-bond acceptors (Lipinski definition) is 7. The average Bonchev–Trinajstić information content (AvgIpc) is 3.05. The van der Waals surface area contributed by atoms with Gasteiger partial charge in [-0.05, 0) is 54.1 Å². The Morgan fingerprint density at radius 2 is 1.88 bits per heavy atom. The van der Waals surface area contributed by atoms with E-state index < -0.39 is 17.1 Å². The number of imide groups is 1. The van der Waals surface area contributed by atoms with Crippen LogP contribution in [-0.2, 0) is 9.59 Å². The summed E-state index contributed by atoms with van der Waals surface area (Å²) in [6, 6.07) is 12.3. The number of nitrogens with one attached hydrogen (secondary N) is 1. The predicted octanol–water partition coefficient (Wildman–Crippen LogP) is 3.92. The normalized spacial score (nSPS) is 16.4. The number of carbonyl (C=O) groups excluding carboxylic acids is 3. The number of hydrogen-bond donors (Lipinski definition) is 1. The van der Waals surface area contributed by atoms with Gasteiger partial charge in [0.1, 0.15) is 25.5 Å². The zero-order chi connectivity index (χ0) is 22.5. The monoisotopic (exact) mass is 454 g/mol. The fraction of sp³-hybridized carbons (Fsp3) is 0.261. The minimum atomic E-state index is -0.497. The van der Waals surface area contributed by atoms with Crippen LogP contribution in [0.25, 0.3) is 6.08 Å². The van der Waals surface area contributed by atoms with Crippen LogP contribution < -0.4 is 19.5 Å². The van der Waals surface area contributed by atoms with Crippen molar-refractivity contribution in [1.29, 1.82) is 0 Å². The molecule has 1 fully saturated rings. The molecule has 4 rings (SSSR count). The second-order valence-electron chi connectivity index (χ2n) is 7.09. The molecule has 0 saturated carbocycles. The predicted molar refractivity (Wildman–Crippen MR) is 121 cm³/mol. The van der Waals surface area contributed by atoms with Crippen LogP contribution in [0.4, 0.5) is 10.5 Å². The lowest BCUT2D eigenvalue weighted by molar-refractivity contribution is -0.127. The highest BCUT2D eigenvalue weighted by Gasteiger charge is 2.36. The van der Waals surface area contributed by atoms with Crippen LogP contribution in [-0.4, -0.2) is 48.3 Å². The first-order valence-electron chi connectivity index (χ1n) is 10.2. The third kappa shape index (κ3) is 5.05. The standard InChI is InChI=1S/C23H22N2O6S/c1-2-9-29-17-6-3-15(4-7-17)12-20-22(27)25(23(28)32-20)14-21(26)24-16-5-8-18-19(13-16)31-11-10-30-18/h3-8,12-13H,2,9-11,14H2,1H3,(H,24,26)/b20-12-. The Labute approximate surface area is 189 Å². The van der Waals surface area contributed by atoms with E-state index in [1.54, 1.807) is 24.3 Å². The molecule has 2 aliphatic heterocycles. The van der Waals surface area contributed by atoms with Crippen molar-refractivity contribution in [3.05, 3.63) is 52.9 Å². The summed E-state index contributed by atoms with van der Waals surface area (Å²) in [5, 5.41) is 2.20. The van der Waals surface area contributed by atoms with E-state index in [4.69, 9.17) is 14.2 Å². The molecule has 0 unspecified atom stereocenters. The maximum Gasteiger partial charge on any atom is 0.294 e. The van der Waals surface area contributed by atoms with Gasteiger partial charge in [0.25, 0.3) is 11.1 Å². The summed E-state index contributed by atoms with van der Waals surface area (Å²) in [4.78, 5) is 38.7. The minimum absolute atomic E-state index is 0.268. The van der Waals surface area contributed by atoms with E-state index in [0.717, 1.165) is 34.4 Å². The lowest BCUT2D eigenvalue weighted by Crippen LogP contribution is -2.36. The third-order valence-electron chi connectivity index (χ3n) is 4.65. The number of thioether (sulfide) groups is 1. The van der Waals surface area contributed by atoms with Crippen molar-refractivity contribution in [2.45, 2.75) is 13.3 Å². The van der Waals surface area contributed by atoms with E-state index in [1.165, 1.54) is 0 Å². The molecule has 1 N–H and O–H groups in total. The third-order valence-corrected chi connectivity index (χ3v) is 5.56. The fourth-order valence-corrected chi connectivity index (χ4v) is 3.97. The summed E-state index contributed by atoms with van der Waals surface area (Å²) < 4.78 is 16.5. The van der Waals surface area contributed by atoms with Gasteiger partial charge >= 0.3 is 0 Å². The summed E-state index contributed by atoms with van der Waals surface area (Å²) in [5.74, 6) is 0.906. The summed E-state index contributed by atoms with van der Waals surface area (Å²) in [6.45, 7) is 3.19. The molecular weight excluding hydrogens is 432 g/mol. The lowest BCUT2D eigenvalue weighted by atomic mass is 10.2.